The number of carbonyl (C=O) groups is 1. The third kappa shape index (κ3) is 3.41. The van der Waals surface area contributed by atoms with E-state index in [1.807, 2.05) is 13.8 Å². The van der Waals surface area contributed by atoms with Crippen molar-refractivity contribution in [1.82, 2.24) is 9.97 Å². The van der Waals surface area contributed by atoms with Crippen molar-refractivity contribution in [3.05, 3.63) is 16.4 Å². The molecule has 0 saturated carbocycles. The fourth-order valence-corrected chi connectivity index (χ4v) is 2.49. The number of nitrogens with one attached hydrogen (secondary N) is 1. The van der Waals surface area contributed by atoms with E-state index >= 15 is 0 Å². The monoisotopic (exact) mass is 309 g/mol. The van der Waals surface area contributed by atoms with Crippen LogP contribution in [0, 0.1) is 16.0 Å². The second kappa shape index (κ2) is 6.54. The average Bonchev–Trinajstić information content (AvgIpc) is 2.46. The molecular weight excluding hydrogens is 290 g/mol. The average molecular weight is 309 g/mol. The number of nitro groups is 1. The molecule has 0 unspecified atom stereocenters. The Morgan fingerprint density at radius 2 is 2.09 bits per heavy atom. The van der Waals surface area contributed by atoms with E-state index in [1.165, 1.54) is 6.33 Å². The molecule has 0 radical (unpaired) electrons. The van der Waals surface area contributed by atoms with Crippen LogP contribution in [0.5, 0.6) is 0 Å². The first-order valence-electron chi connectivity index (χ1n) is 7.13. The Balaban J connectivity index is 2.27. The summed E-state index contributed by atoms with van der Waals surface area (Å²) in [5.41, 5.74) is -0.162. The van der Waals surface area contributed by atoms with E-state index in [-0.39, 0.29) is 23.4 Å². The van der Waals surface area contributed by atoms with E-state index < -0.39 is 16.8 Å². The molecule has 1 fully saturated rings. The first-order valence-corrected chi connectivity index (χ1v) is 7.13. The van der Waals surface area contributed by atoms with Crippen LogP contribution in [0.1, 0.15) is 26.7 Å². The van der Waals surface area contributed by atoms with Crippen molar-refractivity contribution >= 4 is 23.3 Å². The Kier molecular flexibility index (Phi) is 4.74. The number of hydrogen-bond acceptors (Lipinski definition) is 7. The molecule has 2 N–H and O–H groups in total. The van der Waals surface area contributed by atoms with E-state index in [0.29, 0.717) is 25.9 Å². The van der Waals surface area contributed by atoms with Crippen molar-refractivity contribution in [1.29, 1.82) is 0 Å². The standard InChI is InChI=1S/C13H19N5O4/c1-8(2)16-11-10(18(21)22)12(15-7-14-11)17-5-3-9(4-6-17)13(19)20/h7-9H,3-6H2,1-2H3,(H,19,20)(H,14,15,16). The lowest BCUT2D eigenvalue weighted by Gasteiger charge is -2.30. The first-order chi connectivity index (χ1) is 10.4. The Morgan fingerprint density at radius 3 is 2.59 bits per heavy atom. The van der Waals surface area contributed by atoms with Gasteiger partial charge in [-0.2, -0.15) is 0 Å². The normalized spacial score (nSPS) is 15.9. The summed E-state index contributed by atoms with van der Waals surface area (Å²) in [5, 5.41) is 23.4. The van der Waals surface area contributed by atoms with Crippen molar-refractivity contribution in [3.63, 3.8) is 0 Å². The molecule has 0 amide bonds. The molecule has 0 aliphatic carbocycles. The smallest absolute Gasteiger partial charge is 0.353 e. The molecule has 0 atom stereocenters. The predicted molar refractivity (Wildman–Crippen MR) is 80.0 cm³/mol. The third-order valence-corrected chi connectivity index (χ3v) is 3.55. The summed E-state index contributed by atoms with van der Waals surface area (Å²) in [6, 6.07) is -0.000744. The lowest BCUT2D eigenvalue weighted by Crippen LogP contribution is -2.37. The van der Waals surface area contributed by atoms with Crippen molar-refractivity contribution in [2.24, 2.45) is 5.92 Å². The maximum atomic E-state index is 11.4. The molecule has 2 rings (SSSR count). The quantitative estimate of drug-likeness (QED) is 0.620. The Bertz CT molecular complexity index is 570. The van der Waals surface area contributed by atoms with Gasteiger partial charge in [-0.05, 0) is 26.7 Å². The highest BCUT2D eigenvalue weighted by Crippen LogP contribution is 2.34. The van der Waals surface area contributed by atoms with Crippen LogP contribution in [0.15, 0.2) is 6.33 Å². The van der Waals surface area contributed by atoms with Crippen LogP contribution in [0.3, 0.4) is 0 Å². The van der Waals surface area contributed by atoms with Gasteiger partial charge >= 0.3 is 11.7 Å². The highest BCUT2D eigenvalue weighted by Gasteiger charge is 2.31. The molecule has 0 aromatic carbocycles. The summed E-state index contributed by atoms with van der Waals surface area (Å²) in [7, 11) is 0. The molecular formula is C13H19N5O4. The lowest BCUT2D eigenvalue weighted by molar-refractivity contribution is -0.383. The van der Waals surface area contributed by atoms with E-state index in [1.54, 1.807) is 4.90 Å². The Morgan fingerprint density at radius 1 is 1.45 bits per heavy atom. The Hall–Kier alpha value is -2.45. The molecule has 9 nitrogen and oxygen atoms in total. The van der Waals surface area contributed by atoms with Crippen LogP contribution in [0.4, 0.5) is 17.3 Å². The van der Waals surface area contributed by atoms with E-state index in [0.717, 1.165) is 0 Å². The van der Waals surface area contributed by atoms with E-state index in [4.69, 9.17) is 5.11 Å². The fourth-order valence-electron chi connectivity index (χ4n) is 2.49. The fraction of sp³-hybridized carbons (Fsp3) is 0.615. The molecule has 1 aromatic heterocycles. The molecule has 1 aliphatic rings. The molecule has 22 heavy (non-hydrogen) atoms. The van der Waals surface area contributed by atoms with Gasteiger partial charge in [-0.15, -0.1) is 0 Å². The summed E-state index contributed by atoms with van der Waals surface area (Å²) in [4.78, 5) is 31.6. The molecule has 0 spiro atoms. The number of aliphatic carboxylic acids is 1. The zero-order chi connectivity index (χ0) is 16.3. The summed E-state index contributed by atoms with van der Waals surface area (Å²) in [6.07, 6.45) is 2.18. The van der Waals surface area contributed by atoms with Gasteiger partial charge in [-0.25, -0.2) is 9.97 Å². The predicted octanol–water partition coefficient (Wildman–Crippen LogP) is 1.51. The second-order valence-corrected chi connectivity index (χ2v) is 5.55. The number of nitrogens with zero attached hydrogens (tertiary/aromatic N) is 4. The van der Waals surface area contributed by atoms with Crippen LogP contribution in [0.25, 0.3) is 0 Å². The number of piperidine rings is 1. The summed E-state index contributed by atoms with van der Waals surface area (Å²) < 4.78 is 0. The van der Waals surface area contributed by atoms with Gasteiger partial charge in [-0.3, -0.25) is 14.9 Å². The number of hydrogen-bond donors (Lipinski definition) is 2. The molecule has 1 aromatic rings. The molecule has 0 bridgehead atoms. The van der Waals surface area contributed by atoms with Gasteiger partial charge in [0.25, 0.3) is 0 Å². The third-order valence-electron chi connectivity index (χ3n) is 3.55. The topological polar surface area (TPSA) is 121 Å². The summed E-state index contributed by atoms with van der Waals surface area (Å²) in [5.74, 6) is -0.790. The maximum absolute atomic E-state index is 11.4. The largest absolute Gasteiger partial charge is 0.481 e. The van der Waals surface area contributed by atoms with E-state index in [2.05, 4.69) is 15.3 Å². The van der Waals surface area contributed by atoms with Gasteiger partial charge in [0.1, 0.15) is 6.33 Å². The number of aromatic nitrogens is 2. The van der Waals surface area contributed by atoms with Crippen LogP contribution in [-0.4, -0.2) is 45.1 Å². The first kappa shape index (κ1) is 15.9. The van der Waals surface area contributed by atoms with Crippen molar-refractivity contribution in [3.8, 4) is 0 Å². The highest BCUT2D eigenvalue weighted by molar-refractivity contribution is 5.72. The van der Waals surface area contributed by atoms with Crippen molar-refractivity contribution in [2.75, 3.05) is 23.3 Å². The minimum atomic E-state index is -0.820. The SMILES string of the molecule is CC(C)Nc1ncnc(N2CCC(C(=O)O)CC2)c1[N+](=O)[O-]. The maximum Gasteiger partial charge on any atom is 0.353 e. The lowest BCUT2D eigenvalue weighted by atomic mass is 9.97. The zero-order valence-corrected chi connectivity index (χ0v) is 12.5. The van der Waals surface area contributed by atoms with Crippen LogP contribution in [-0.2, 0) is 4.79 Å². The molecule has 2 heterocycles. The van der Waals surface area contributed by atoms with Crippen LogP contribution >= 0.6 is 0 Å². The molecule has 9 heteroatoms. The van der Waals surface area contributed by atoms with Gasteiger partial charge in [0.2, 0.25) is 11.6 Å². The minimum absolute atomic E-state index is 0.000744. The Labute approximate surface area is 127 Å². The van der Waals surface area contributed by atoms with Crippen LogP contribution in [0.2, 0.25) is 0 Å². The number of rotatable bonds is 5. The van der Waals surface area contributed by atoms with Gasteiger partial charge in [0, 0.05) is 19.1 Å². The van der Waals surface area contributed by atoms with Gasteiger partial charge < -0.3 is 15.3 Å². The van der Waals surface area contributed by atoms with E-state index in [9.17, 15) is 14.9 Å². The number of carboxylic acids is 1. The number of carboxylic acid groups (broad SMARTS) is 1. The molecule has 120 valence electrons. The molecule has 1 aliphatic heterocycles. The highest BCUT2D eigenvalue weighted by atomic mass is 16.6. The zero-order valence-electron chi connectivity index (χ0n) is 12.5. The van der Waals surface area contributed by atoms with Gasteiger partial charge in [-0.1, -0.05) is 0 Å². The minimum Gasteiger partial charge on any atom is -0.481 e. The number of anilines is 2. The van der Waals surface area contributed by atoms with Crippen LogP contribution < -0.4 is 10.2 Å². The second-order valence-electron chi connectivity index (χ2n) is 5.55. The van der Waals surface area contributed by atoms with Crippen molar-refractivity contribution < 1.29 is 14.8 Å². The van der Waals surface area contributed by atoms with Gasteiger partial charge in [0.15, 0.2) is 0 Å². The van der Waals surface area contributed by atoms with Crippen molar-refractivity contribution in [2.45, 2.75) is 32.7 Å². The van der Waals surface area contributed by atoms with Gasteiger partial charge in [0.05, 0.1) is 10.8 Å². The summed E-state index contributed by atoms with van der Waals surface area (Å²) in [6.45, 7) is 4.58. The molecule has 1 saturated heterocycles. The summed E-state index contributed by atoms with van der Waals surface area (Å²) >= 11 is 0.